The number of hydrogen-bond acceptors (Lipinski definition) is 10. The number of aliphatic hydroxyl groups excluding tert-OH is 4. The average Bonchev–Trinajstić information content (AvgIpc) is 3.17. The van der Waals surface area contributed by atoms with Crippen LogP contribution in [0, 0.1) is 6.92 Å². The molecule has 4 N–H and O–H groups in total. The Labute approximate surface area is 183 Å². The van der Waals surface area contributed by atoms with Crippen molar-refractivity contribution in [2.75, 3.05) is 13.7 Å². The Morgan fingerprint density at radius 1 is 1.16 bits per heavy atom. The maximum atomic E-state index is 12.6. The van der Waals surface area contributed by atoms with Crippen LogP contribution < -0.4 is 14.9 Å². The summed E-state index contributed by atoms with van der Waals surface area (Å²) < 4.78 is 28.8. The van der Waals surface area contributed by atoms with Gasteiger partial charge in [0.2, 0.25) is 0 Å². The monoisotopic (exact) mass is 452 g/mol. The quantitative estimate of drug-likeness (QED) is 0.489. The summed E-state index contributed by atoms with van der Waals surface area (Å²) in [7, 11) is 1.47. The van der Waals surface area contributed by atoms with E-state index in [0.717, 1.165) is 0 Å². The number of aryl methyl sites for hydroxylation is 1. The third-order valence-corrected chi connectivity index (χ3v) is 6.07. The molecule has 10 heteroatoms. The molecule has 0 radical (unpaired) electrons. The summed E-state index contributed by atoms with van der Waals surface area (Å²) in [5.74, 6) is 1.32. The Bertz CT molecular complexity index is 1060. The van der Waals surface area contributed by atoms with E-state index in [1.165, 1.54) is 13.2 Å². The molecular weight excluding hydrogens is 424 g/mol. The minimum Gasteiger partial charge on any atom is -0.495 e. The van der Waals surface area contributed by atoms with Crippen LogP contribution in [-0.4, -0.2) is 76.6 Å². The number of methoxy groups -OCH3 is 1. The summed E-state index contributed by atoms with van der Waals surface area (Å²) in [6, 6.07) is 3.04. The lowest BCUT2D eigenvalue weighted by Crippen LogP contribution is -2.61. The second-order valence-electron chi connectivity index (χ2n) is 8.71. The molecule has 1 aromatic heterocycles. The van der Waals surface area contributed by atoms with E-state index < -0.39 is 49.0 Å². The molecule has 0 aliphatic carbocycles. The summed E-state index contributed by atoms with van der Waals surface area (Å²) in [5.41, 5.74) is -0.230. The largest absolute Gasteiger partial charge is 0.495 e. The highest BCUT2D eigenvalue weighted by Crippen LogP contribution is 2.44. The minimum atomic E-state index is -1.55. The highest BCUT2D eigenvalue weighted by molar-refractivity contribution is 5.87. The predicted molar refractivity (Wildman–Crippen MR) is 111 cm³/mol. The van der Waals surface area contributed by atoms with Gasteiger partial charge >= 0.3 is 0 Å². The maximum absolute atomic E-state index is 12.6. The normalized spacial score (nSPS) is 30.2. The fourth-order valence-corrected chi connectivity index (χ4v) is 4.26. The van der Waals surface area contributed by atoms with E-state index in [1.807, 2.05) is 0 Å². The van der Waals surface area contributed by atoms with Gasteiger partial charge in [-0.05, 0) is 20.8 Å². The number of rotatable bonds is 5. The Morgan fingerprint density at radius 2 is 1.88 bits per heavy atom. The molecule has 0 bridgehead atoms. The van der Waals surface area contributed by atoms with Gasteiger partial charge in [0, 0.05) is 24.1 Å². The lowest BCUT2D eigenvalue weighted by Gasteiger charge is -2.43. The molecule has 6 atom stereocenters. The van der Waals surface area contributed by atoms with Crippen LogP contribution >= 0.6 is 0 Å². The number of aliphatic hydroxyl groups is 4. The number of fused-ring (bicyclic) bond motifs is 2. The Morgan fingerprint density at radius 3 is 2.53 bits per heavy atom. The van der Waals surface area contributed by atoms with Crippen molar-refractivity contribution in [2.45, 2.75) is 69.6 Å². The second-order valence-corrected chi connectivity index (χ2v) is 8.71. The van der Waals surface area contributed by atoms with Gasteiger partial charge in [-0.1, -0.05) is 0 Å². The van der Waals surface area contributed by atoms with Gasteiger partial charge in [-0.2, -0.15) is 0 Å². The van der Waals surface area contributed by atoms with Gasteiger partial charge in [-0.25, -0.2) is 0 Å². The van der Waals surface area contributed by atoms with Crippen molar-refractivity contribution in [3.05, 3.63) is 33.7 Å². The highest BCUT2D eigenvalue weighted by Gasteiger charge is 2.48. The van der Waals surface area contributed by atoms with E-state index in [4.69, 9.17) is 23.4 Å². The number of ether oxygens (including phenoxy) is 4. The van der Waals surface area contributed by atoms with E-state index in [2.05, 4.69) is 0 Å². The first-order valence-electron chi connectivity index (χ1n) is 10.4. The fourth-order valence-electron chi connectivity index (χ4n) is 4.26. The topological polar surface area (TPSA) is 148 Å². The van der Waals surface area contributed by atoms with E-state index in [9.17, 15) is 25.2 Å². The molecule has 1 aromatic carbocycles. The lowest BCUT2D eigenvalue weighted by atomic mass is 9.94. The zero-order chi connectivity index (χ0) is 23.4. The zero-order valence-electron chi connectivity index (χ0n) is 18.3. The van der Waals surface area contributed by atoms with Crippen molar-refractivity contribution >= 4 is 11.0 Å². The number of benzene rings is 1. The van der Waals surface area contributed by atoms with Crippen LogP contribution in [0.4, 0.5) is 0 Å². The van der Waals surface area contributed by atoms with Gasteiger partial charge in [0.25, 0.3) is 0 Å². The molecule has 1 fully saturated rings. The zero-order valence-corrected chi connectivity index (χ0v) is 18.3. The first-order chi connectivity index (χ1) is 15.1. The third-order valence-electron chi connectivity index (χ3n) is 6.07. The van der Waals surface area contributed by atoms with Crippen LogP contribution in [0.3, 0.4) is 0 Å². The summed E-state index contributed by atoms with van der Waals surface area (Å²) >= 11 is 0. The Kier molecular flexibility index (Phi) is 5.95. The van der Waals surface area contributed by atoms with Crippen LogP contribution in [-0.2, 0) is 15.9 Å². The van der Waals surface area contributed by atoms with E-state index >= 15 is 0 Å². The predicted octanol–water partition coefficient (Wildman–Crippen LogP) is 0.00862. The van der Waals surface area contributed by atoms with Crippen molar-refractivity contribution in [1.29, 1.82) is 0 Å². The fraction of sp³-hybridized carbons (Fsp3) is 0.591. The molecule has 0 unspecified atom stereocenters. The second kappa shape index (κ2) is 8.29. The first-order valence-corrected chi connectivity index (χ1v) is 10.4. The molecule has 0 spiro atoms. The van der Waals surface area contributed by atoms with E-state index in [0.29, 0.717) is 40.2 Å². The smallest absolute Gasteiger partial charge is 0.196 e. The number of hydrogen-bond donors (Lipinski definition) is 4. The molecular formula is C22H28O10. The molecule has 10 nitrogen and oxygen atoms in total. The molecule has 0 amide bonds. The highest BCUT2D eigenvalue weighted by atomic mass is 16.7. The van der Waals surface area contributed by atoms with E-state index in [1.54, 1.807) is 26.8 Å². The molecule has 2 aliphatic heterocycles. The summed E-state index contributed by atoms with van der Waals surface area (Å²) in [6.45, 7) is 4.58. The van der Waals surface area contributed by atoms with Gasteiger partial charge in [-0.3, -0.25) is 4.79 Å². The average molecular weight is 452 g/mol. The van der Waals surface area contributed by atoms with Crippen LogP contribution in [0.5, 0.6) is 11.5 Å². The Hall–Kier alpha value is -2.21. The van der Waals surface area contributed by atoms with Crippen LogP contribution in [0.15, 0.2) is 21.3 Å². The van der Waals surface area contributed by atoms with E-state index in [-0.39, 0.29) is 5.43 Å². The standard InChI is InChI=1S/C22H28O10/c1-9-5-11(24)16-13(29-9)7-12-10(20(16)28-4)6-15(30-12)22(2,3)32-21-19(27)18(26)17(25)14(8-23)31-21/h5,7,14-15,17-19,21,23,25-27H,6,8H2,1-4H3/t14-,15+,17-,18+,19+,21+/m1/s1. The maximum Gasteiger partial charge on any atom is 0.196 e. The molecule has 0 saturated carbocycles. The van der Waals surface area contributed by atoms with Gasteiger partial charge in [0.15, 0.2) is 11.7 Å². The van der Waals surface area contributed by atoms with Crippen molar-refractivity contribution in [3.63, 3.8) is 0 Å². The molecule has 4 rings (SSSR count). The van der Waals surface area contributed by atoms with Gasteiger partial charge in [0.1, 0.15) is 64.3 Å². The summed E-state index contributed by atoms with van der Waals surface area (Å²) in [6.07, 6.45) is -7.17. The molecule has 32 heavy (non-hydrogen) atoms. The molecule has 2 aliphatic rings. The molecule has 1 saturated heterocycles. The SMILES string of the molecule is COc1c2c(cc3oc(C)cc(=O)c13)O[C@H](C(C)(C)O[C@@H]1O[C@H](CO)[C@@H](O)[C@H](O)[C@@H]1O)C2. The Balaban J connectivity index is 1.62. The van der Waals surface area contributed by atoms with Crippen molar-refractivity contribution in [1.82, 2.24) is 0 Å². The first kappa shape index (κ1) is 23.0. The lowest BCUT2D eigenvalue weighted by molar-refractivity contribution is -0.329. The van der Waals surface area contributed by atoms with Crippen molar-refractivity contribution < 1.29 is 43.8 Å². The van der Waals surface area contributed by atoms with Gasteiger partial charge < -0.3 is 43.8 Å². The minimum absolute atomic E-state index is 0.219. The molecule has 2 aromatic rings. The molecule has 176 valence electrons. The van der Waals surface area contributed by atoms with Crippen LogP contribution in [0.25, 0.3) is 11.0 Å². The third kappa shape index (κ3) is 3.76. The van der Waals surface area contributed by atoms with Crippen molar-refractivity contribution in [3.8, 4) is 11.5 Å². The summed E-state index contributed by atoms with van der Waals surface area (Å²) in [4.78, 5) is 12.6. The van der Waals surface area contributed by atoms with Gasteiger partial charge in [0.05, 0.1) is 13.7 Å². The molecule has 3 heterocycles. The summed E-state index contributed by atoms with van der Waals surface area (Å²) in [5, 5.41) is 40.1. The van der Waals surface area contributed by atoms with Crippen molar-refractivity contribution in [2.24, 2.45) is 0 Å². The van der Waals surface area contributed by atoms with Crippen LogP contribution in [0.1, 0.15) is 25.2 Å². The van der Waals surface area contributed by atoms with Crippen LogP contribution in [0.2, 0.25) is 0 Å². The van der Waals surface area contributed by atoms with Gasteiger partial charge in [-0.15, -0.1) is 0 Å².